The van der Waals surface area contributed by atoms with Crippen LogP contribution in [0.15, 0.2) is 52.4 Å². The van der Waals surface area contributed by atoms with E-state index in [1.165, 1.54) is 0 Å². The first-order valence-electron chi connectivity index (χ1n) is 12.6. The molecular formula is C28H38N2O6. The number of esters is 3. The van der Waals surface area contributed by atoms with Gasteiger partial charge in [-0.25, -0.2) is 14.4 Å². The van der Waals surface area contributed by atoms with E-state index in [9.17, 15) is 14.4 Å². The highest BCUT2D eigenvalue weighted by molar-refractivity contribution is 6.01. The van der Waals surface area contributed by atoms with Gasteiger partial charge < -0.3 is 24.8 Å². The van der Waals surface area contributed by atoms with Crippen LogP contribution in [-0.2, 0) is 28.6 Å². The summed E-state index contributed by atoms with van der Waals surface area (Å²) < 4.78 is 16.1. The standard InChI is InChI=1S/C28H38N2O6/c1-7-19(26(31)34-9-3)16-20-14-12-13-15-21(20)24-23(27(32)35-10-4)18(6)30-22(17-29-8-2)25(24)28(33)36-11-5/h12-16,24,29-30H,7-11,17H2,1-6H3. The molecule has 1 unspecified atom stereocenters. The van der Waals surface area contributed by atoms with Gasteiger partial charge in [-0.1, -0.05) is 38.1 Å². The molecule has 1 atom stereocenters. The summed E-state index contributed by atoms with van der Waals surface area (Å²) in [6, 6.07) is 7.41. The molecule has 0 aliphatic carbocycles. The largest absolute Gasteiger partial charge is 0.463 e. The van der Waals surface area contributed by atoms with Crippen LogP contribution in [0, 0.1) is 0 Å². The van der Waals surface area contributed by atoms with Crippen LogP contribution in [-0.4, -0.2) is 50.8 Å². The zero-order valence-corrected chi connectivity index (χ0v) is 22.2. The quantitative estimate of drug-likeness (QED) is 0.253. The predicted molar refractivity (Wildman–Crippen MR) is 139 cm³/mol. The topological polar surface area (TPSA) is 103 Å². The van der Waals surface area contributed by atoms with Gasteiger partial charge in [-0.3, -0.25) is 0 Å². The summed E-state index contributed by atoms with van der Waals surface area (Å²) in [7, 11) is 0. The van der Waals surface area contributed by atoms with Crippen molar-refractivity contribution >= 4 is 24.0 Å². The maximum atomic E-state index is 13.4. The number of benzene rings is 1. The fourth-order valence-electron chi connectivity index (χ4n) is 4.15. The fourth-order valence-corrected chi connectivity index (χ4v) is 4.15. The van der Waals surface area contributed by atoms with Crippen molar-refractivity contribution in [2.45, 2.75) is 53.9 Å². The Kier molecular flexibility index (Phi) is 11.4. The Bertz CT molecular complexity index is 1050. The molecule has 0 bridgehead atoms. The second-order valence-corrected chi connectivity index (χ2v) is 8.08. The molecule has 0 saturated heterocycles. The van der Waals surface area contributed by atoms with E-state index in [4.69, 9.17) is 14.2 Å². The molecule has 0 amide bonds. The molecule has 2 N–H and O–H groups in total. The van der Waals surface area contributed by atoms with Gasteiger partial charge in [0.05, 0.1) is 36.9 Å². The maximum absolute atomic E-state index is 13.4. The van der Waals surface area contributed by atoms with Crippen LogP contribution in [0.25, 0.3) is 6.08 Å². The molecule has 196 valence electrons. The summed E-state index contributed by atoms with van der Waals surface area (Å²) in [4.78, 5) is 39.1. The first-order chi connectivity index (χ1) is 17.3. The Morgan fingerprint density at radius 2 is 1.53 bits per heavy atom. The molecule has 1 aliphatic rings. The van der Waals surface area contributed by atoms with Gasteiger partial charge in [-0.05, 0) is 57.9 Å². The van der Waals surface area contributed by atoms with Gasteiger partial charge in [-0.2, -0.15) is 0 Å². The lowest BCUT2D eigenvalue weighted by atomic mass is 9.78. The molecule has 0 radical (unpaired) electrons. The molecule has 1 heterocycles. The smallest absolute Gasteiger partial charge is 0.336 e. The summed E-state index contributed by atoms with van der Waals surface area (Å²) >= 11 is 0. The first kappa shape index (κ1) is 28.8. The van der Waals surface area contributed by atoms with Crippen LogP contribution < -0.4 is 10.6 Å². The molecule has 36 heavy (non-hydrogen) atoms. The van der Waals surface area contributed by atoms with Gasteiger partial charge in [0.1, 0.15) is 0 Å². The van der Waals surface area contributed by atoms with E-state index in [-0.39, 0.29) is 19.8 Å². The first-order valence-corrected chi connectivity index (χ1v) is 12.6. The number of hydrogen-bond donors (Lipinski definition) is 2. The highest BCUT2D eigenvalue weighted by Gasteiger charge is 2.39. The summed E-state index contributed by atoms with van der Waals surface area (Å²) in [5.74, 6) is -2.19. The number of dihydropyridines is 1. The Hall–Kier alpha value is -3.39. The van der Waals surface area contributed by atoms with Crippen molar-refractivity contribution in [3.05, 3.63) is 63.5 Å². The van der Waals surface area contributed by atoms with Gasteiger partial charge in [0.2, 0.25) is 0 Å². The Labute approximate surface area is 213 Å². The minimum Gasteiger partial charge on any atom is -0.463 e. The van der Waals surface area contributed by atoms with Crippen molar-refractivity contribution in [1.82, 2.24) is 10.6 Å². The molecule has 1 aromatic carbocycles. The fraction of sp³-hybridized carbons (Fsp3) is 0.464. The van der Waals surface area contributed by atoms with Crippen LogP contribution >= 0.6 is 0 Å². The SMILES string of the molecule is CCNCC1=C(C(=O)OCC)C(c2ccccc2C=C(CC)C(=O)OCC)C(C(=O)OCC)=C(C)N1. The van der Waals surface area contributed by atoms with Crippen molar-refractivity contribution in [3.8, 4) is 0 Å². The number of hydrogen-bond acceptors (Lipinski definition) is 8. The zero-order valence-electron chi connectivity index (χ0n) is 22.2. The molecule has 0 spiro atoms. The Morgan fingerprint density at radius 3 is 2.11 bits per heavy atom. The summed E-state index contributed by atoms with van der Waals surface area (Å²) in [6.45, 7) is 12.6. The highest BCUT2D eigenvalue weighted by atomic mass is 16.5. The third kappa shape index (κ3) is 6.85. The molecule has 1 aromatic rings. The maximum Gasteiger partial charge on any atom is 0.336 e. The number of rotatable bonds is 12. The minimum atomic E-state index is -0.759. The second kappa shape index (κ2) is 14.2. The van der Waals surface area contributed by atoms with Crippen LogP contribution in [0.3, 0.4) is 0 Å². The van der Waals surface area contributed by atoms with E-state index >= 15 is 0 Å². The second-order valence-electron chi connectivity index (χ2n) is 8.08. The number of nitrogens with one attached hydrogen (secondary N) is 2. The average molecular weight is 499 g/mol. The molecule has 2 rings (SSSR count). The molecule has 8 nitrogen and oxygen atoms in total. The molecule has 0 fully saturated rings. The molecule has 8 heteroatoms. The lowest BCUT2D eigenvalue weighted by Gasteiger charge is -2.32. The minimum absolute atomic E-state index is 0.186. The van der Waals surface area contributed by atoms with E-state index in [0.717, 1.165) is 0 Å². The lowest BCUT2D eigenvalue weighted by molar-refractivity contribution is -0.140. The third-order valence-electron chi connectivity index (χ3n) is 5.74. The van der Waals surface area contributed by atoms with Crippen LogP contribution in [0.1, 0.15) is 65.0 Å². The molecule has 0 saturated carbocycles. The lowest BCUT2D eigenvalue weighted by Crippen LogP contribution is -2.37. The van der Waals surface area contributed by atoms with E-state index in [2.05, 4.69) is 10.6 Å². The average Bonchev–Trinajstić information content (AvgIpc) is 2.86. The molecule has 0 aromatic heterocycles. The predicted octanol–water partition coefficient (Wildman–Crippen LogP) is 3.99. The summed E-state index contributed by atoms with van der Waals surface area (Å²) in [5, 5.41) is 6.49. The van der Waals surface area contributed by atoms with E-state index in [0.29, 0.717) is 58.8 Å². The van der Waals surface area contributed by atoms with Crippen molar-refractivity contribution < 1.29 is 28.6 Å². The highest BCUT2D eigenvalue weighted by Crippen LogP contribution is 2.41. The van der Waals surface area contributed by atoms with E-state index in [1.54, 1.807) is 33.8 Å². The molecule has 1 aliphatic heterocycles. The van der Waals surface area contributed by atoms with Crippen LogP contribution in [0.2, 0.25) is 0 Å². The van der Waals surface area contributed by atoms with E-state index < -0.39 is 23.8 Å². The summed E-state index contributed by atoms with van der Waals surface area (Å²) in [5.41, 5.74) is 3.77. The summed E-state index contributed by atoms with van der Waals surface area (Å²) in [6.07, 6.45) is 2.23. The van der Waals surface area contributed by atoms with Crippen molar-refractivity contribution in [1.29, 1.82) is 0 Å². The van der Waals surface area contributed by atoms with Crippen molar-refractivity contribution in [2.75, 3.05) is 32.9 Å². The normalized spacial score (nSPS) is 15.9. The van der Waals surface area contributed by atoms with E-state index in [1.807, 2.05) is 38.1 Å². The number of carbonyl (C=O) groups is 3. The Balaban J connectivity index is 2.84. The van der Waals surface area contributed by atoms with Crippen molar-refractivity contribution in [3.63, 3.8) is 0 Å². The van der Waals surface area contributed by atoms with Crippen LogP contribution in [0.4, 0.5) is 0 Å². The third-order valence-corrected chi connectivity index (χ3v) is 5.74. The van der Waals surface area contributed by atoms with Gasteiger partial charge in [0.25, 0.3) is 0 Å². The molecular weight excluding hydrogens is 460 g/mol. The number of carbonyl (C=O) groups excluding carboxylic acids is 3. The number of allylic oxidation sites excluding steroid dienone is 1. The van der Waals surface area contributed by atoms with Gasteiger partial charge in [0.15, 0.2) is 0 Å². The number of ether oxygens (including phenoxy) is 3. The number of likely N-dealkylation sites (N-methyl/N-ethyl adjacent to an activating group) is 1. The van der Waals surface area contributed by atoms with Gasteiger partial charge >= 0.3 is 17.9 Å². The Morgan fingerprint density at radius 1 is 0.917 bits per heavy atom. The monoisotopic (exact) mass is 498 g/mol. The van der Waals surface area contributed by atoms with Crippen molar-refractivity contribution in [2.24, 2.45) is 0 Å². The van der Waals surface area contributed by atoms with Crippen LogP contribution in [0.5, 0.6) is 0 Å². The van der Waals surface area contributed by atoms with Gasteiger partial charge in [0, 0.05) is 23.5 Å². The van der Waals surface area contributed by atoms with Gasteiger partial charge in [-0.15, -0.1) is 0 Å². The zero-order chi connectivity index (χ0) is 26.7.